The van der Waals surface area contributed by atoms with Crippen LogP contribution in [-0.2, 0) is 0 Å². The smallest absolute Gasteiger partial charge is 0.278 e. The van der Waals surface area contributed by atoms with E-state index in [1.807, 2.05) is 30.3 Å². The van der Waals surface area contributed by atoms with Crippen molar-refractivity contribution in [1.29, 1.82) is 0 Å². The minimum Gasteiger partial charge on any atom is -0.278 e. The summed E-state index contributed by atoms with van der Waals surface area (Å²) in [6, 6.07) is 9.19. The number of fused-ring (bicyclic) bond motifs is 1. The molecule has 90 valence electrons. The van der Waals surface area contributed by atoms with Crippen LogP contribution in [0.5, 0.6) is 0 Å². The Morgan fingerprint density at radius 1 is 1.28 bits per heavy atom. The summed E-state index contributed by atoms with van der Waals surface area (Å²) >= 11 is 11.1. The second-order valence-corrected chi connectivity index (χ2v) is 4.42. The molecule has 0 spiro atoms. The molecule has 5 nitrogen and oxygen atoms in total. The van der Waals surface area contributed by atoms with Gasteiger partial charge in [-0.2, -0.15) is 0 Å². The Hall–Kier alpha value is -1.92. The fraction of sp³-hybridized carbons (Fsp3) is 0. The minimum atomic E-state index is -0.280. The highest BCUT2D eigenvalue weighted by atomic mass is 35.5. The largest absolute Gasteiger partial charge is 0.300 e. The van der Waals surface area contributed by atoms with Gasteiger partial charge in [-0.25, -0.2) is 0 Å². The third-order valence-electron chi connectivity index (χ3n) is 2.57. The fourth-order valence-corrected chi connectivity index (χ4v) is 2.29. The second-order valence-electron chi connectivity index (χ2n) is 3.65. The van der Waals surface area contributed by atoms with Crippen molar-refractivity contribution in [2.75, 3.05) is 0 Å². The lowest BCUT2D eigenvalue weighted by atomic mass is 10.3. The van der Waals surface area contributed by atoms with Crippen molar-refractivity contribution in [2.24, 2.45) is 0 Å². The average molecular weight is 279 g/mol. The standard InChI is InChI=1S/C11H7ClN4OS/c12-8-6-15(7-4-2-1-3-5-7)10(17)9-13-14-11(18)16(8)9/h1-6H,(H,14,18). The second kappa shape index (κ2) is 4.08. The van der Waals surface area contributed by atoms with Gasteiger partial charge in [0.15, 0.2) is 0 Å². The molecule has 0 amide bonds. The zero-order valence-corrected chi connectivity index (χ0v) is 10.6. The molecule has 0 atom stereocenters. The first-order valence-electron chi connectivity index (χ1n) is 5.12. The molecule has 0 saturated heterocycles. The van der Waals surface area contributed by atoms with E-state index in [-0.39, 0.29) is 11.2 Å². The van der Waals surface area contributed by atoms with Gasteiger partial charge >= 0.3 is 5.56 Å². The molecule has 0 saturated carbocycles. The van der Waals surface area contributed by atoms with Crippen LogP contribution >= 0.6 is 23.8 Å². The predicted molar refractivity (Wildman–Crippen MR) is 71.0 cm³/mol. The zero-order chi connectivity index (χ0) is 12.7. The van der Waals surface area contributed by atoms with Crippen LogP contribution in [-0.4, -0.2) is 19.2 Å². The molecule has 0 bridgehead atoms. The molecule has 1 N–H and O–H groups in total. The monoisotopic (exact) mass is 278 g/mol. The molecule has 0 aliphatic rings. The highest BCUT2D eigenvalue weighted by Gasteiger charge is 2.11. The maximum atomic E-state index is 12.2. The van der Waals surface area contributed by atoms with Gasteiger partial charge in [-0.3, -0.25) is 18.9 Å². The van der Waals surface area contributed by atoms with E-state index in [1.54, 1.807) is 0 Å². The lowest BCUT2D eigenvalue weighted by molar-refractivity contribution is 0.948. The number of nitrogens with one attached hydrogen (secondary N) is 1. The number of aromatic amines is 1. The SMILES string of the molecule is O=c1c2n[nH]c(=S)n2c(Cl)cn1-c1ccccc1. The first kappa shape index (κ1) is 11.2. The molecule has 0 fully saturated rings. The number of halogens is 1. The van der Waals surface area contributed by atoms with Gasteiger partial charge in [0.1, 0.15) is 5.15 Å². The number of aromatic nitrogens is 4. The minimum absolute atomic E-state index is 0.177. The fourth-order valence-electron chi connectivity index (χ4n) is 1.75. The summed E-state index contributed by atoms with van der Waals surface area (Å²) in [5, 5.41) is 6.77. The van der Waals surface area contributed by atoms with Crippen molar-refractivity contribution in [3.8, 4) is 5.69 Å². The van der Waals surface area contributed by atoms with Gasteiger partial charge in [-0.05, 0) is 24.4 Å². The van der Waals surface area contributed by atoms with E-state index in [1.165, 1.54) is 15.2 Å². The molecule has 0 aliphatic carbocycles. The molecule has 3 rings (SSSR count). The molecule has 1 aromatic carbocycles. The van der Waals surface area contributed by atoms with Gasteiger partial charge in [0, 0.05) is 11.9 Å². The lowest BCUT2D eigenvalue weighted by Crippen LogP contribution is -2.20. The number of para-hydroxylation sites is 1. The topological polar surface area (TPSA) is 55.1 Å². The first-order chi connectivity index (χ1) is 8.68. The van der Waals surface area contributed by atoms with E-state index >= 15 is 0 Å². The third kappa shape index (κ3) is 1.58. The first-order valence-corrected chi connectivity index (χ1v) is 5.91. The molecule has 18 heavy (non-hydrogen) atoms. The molecule has 2 heterocycles. The number of hydrogen-bond donors (Lipinski definition) is 1. The van der Waals surface area contributed by atoms with Crippen LogP contribution < -0.4 is 5.56 Å². The van der Waals surface area contributed by atoms with Crippen LogP contribution in [0.4, 0.5) is 0 Å². The van der Waals surface area contributed by atoms with E-state index in [0.29, 0.717) is 9.92 Å². The maximum absolute atomic E-state index is 12.2. The number of hydrogen-bond acceptors (Lipinski definition) is 3. The van der Waals surface area contributed by atoms with Gasteiger partial charge in [0.05, 0.1) is 0 Å². The highest BCUT2D eigenvalue weighted by Crippen LogP contribution is 2.12. The molecule has 3 aromatic rings. The number of benzene rings is 1. The molecule has 0 aliphatic heterocycles. The Morgan fingerprint density at radius 3 is 2.72 bits per heavy atom. The molecule has 0 unspecified atom stereocenters. The summed E-state index contributed by atoms with van der Waals surface area (Å²) < 4.78 is 3.14. The van der Waals surface area contributed by atoms with Crippen LogP contribution in [0, 0.1) is 4.77 Å². The highest BCUT2D eigenvalue weighted by molar-refractivity contribution is 7.71. The molecular formula is C11H7ClN4OS. The summed E-state index contributed by atoms with van der Waals surface area (Å²) in [5.74, 6) is 0. The van der Waals surface area contributed by atoms with E-state index in [2.05, 4.69) is 10.2 Å². The molecular weight excluding hydrogens is 272 g/mol. The average Bonchev–Trinajstić information content (AvgIpc) is 2.78. The molecule has 7 heteroatoms. The zero-order valence-electron chi connectivity index (χ0n) is 9.00. The van der Waals surface area contributed by atoms with Gasteiger partial charge in [-0.15, -0.1) is 5.10 Å². The summed E-state index contributed by atoms with van der Waals surface area (Å²) in [6.45, 7) is 0. The number of rotatable bonds is 1. The molecule has 0 radical (unpaired) electrons. The van der Waals surface area contributed by atoms with Gasteiger partial charge in [-0.1, -0.05) is 29.8 Å². The van der Waals surface area contributed by atoms with Crippen LogP contribution in [0.2, 0.25) is 5.15 Å². The van der Waals surface area contributed by atoms with E-state index in [9.17, 15) is 4.79 Å². The quantitative estimate of drug-likeness (QED) is 0.694. The normalized spacial score (nSPS) is 10.9. The van der Waals surface area contributed by atoms with Crippen LogP contribution in [0.15, 0.2) is 41.3 Å². The van der Waals surface area contributed by atoms with Gasteiger partial charge in [0.2, 0.25) is 10.4 Å². The Labute approximate surface area is 111 Å². The van der Waals surface area contributed by atoms with Crippen molar-refractivity contribution in [3.05, 3.63) is 56.8 Å². The van der Waals surface area contributed by atoms with Crippen molar-refractivity contribution < 1.29 is 0 Å². The maximum Gasteiger partial charge on any atom is 0.300 e. The van der Waals surface area contributed by atoms with E-state index in [4.69, 9.17) is 23.8 Å². The summed E-state index contributed by atoms with van der Waals surface area (Å²) in [5.41, 5.74) is 0.620. The third-order valence-corrected chi connectivity index (χ3v) is 3.11. The van der Waals surface area contributed by atoms with Crippen LogP contribution in [0.1, 0.15) is 0 Å². The van der Waals surface area contributed by atoms with Gasteiger partial charge in [0.25, 0.3) is 0 Å². The van der Waals surface area contributed by atoms with E-state index < -0.39 is 0 Å². The number of H-pyrrole nitrogens is 1. The van der Waals surface area contributed by atoms with Gasteiger partial charge < -0.3 is 0 Å². The van der Waals surface area contributed by atoms with Crippen molar-refractivity contribution in [3.63, 3.8) is 0 Å². The molecule has 2 aromatic heterocycles. The Balaban J connectivity index is 2.43. The number of nitrogens with zero attached hydrogens (tertiary/aromatic N) is 3. The van der Waals surface area contributed by atoms with Crippen molar-refractivity contribution in [1.82, 2.24) is 19.2 Å². The van der Waals surface area contributed by atoms with Crippen LogP contribution in [0.3, 0.4) is 0 Å². The van der Waals surface area contributed by atoms with Crippen molar-refractivity contribution in [2.45, 2.75) is 0 Å². The van der Waals surface area contributed by atoms with Crippen molar-refractivity contribution >= 4 is 29.5 Å². The summed E-state index contributed by atoms with van der Waals surface area (Å²) in [7, 11) is 0. The Kier molecular flexibility index (Phi) is 2.53. The summed E-state index contributed by atoms with van der Waals surface area (Å²) in [4.78, 5) is 12.2. The Bertz CT molecular complexity index is 834. The summed E-state index contributed by atoms with van der Waals surface area (Å²) in [6.07, 6.45) is 1.53. The predicted octanol–water partition coefficient (Wildman–Crippen LogP) is 2.20. The van der Waals surface area contributed by atoms with Crippen LogP contribution in [0.25, 0.3) is 11.3 Å². The Morgan fingerprint density at radius 2 is 2.00 bits per heavy atom. The van der Waals surface area contributed by atoms with E-state index in [0.717, 1.165) is 5.69 Å². The lowest BCUT2D eigenvalue weighted by Gasteiger charge is -2.06.